The maximum absolute atomic E-state index is 13.1. The number of fused-ring (bicyclic) bond motifs is 1. The predicted octanol–water partition coefficient (Wildman–Crippen LogP) is 5.27. The Kier molecular flexibility index (Phi) is 11.0. The van der Waals surface area contributed by atoms with Gasteiger partial charge in [0.2, 0.25) is 0 Å². The van der Waals surface area contributed by atoms with Crippen LogP contribution in [0.5, 0.6) is 5.75 Å². The highest BCUT2D eigenvalue weighted by Crippen LogP contribution is 2.28. The van der Waals surface area contributed by atoms with Gasteiger partial charge in [-0.2, -0.15) is 5.10 Å². The van der Waals surface area contributed by atoms with Gasteiger partial charge in [0, 0.05) is 27.2 Å². The minimum absolute atomic E-state index is 0.0599. The van der Waals surface area contributed by atoms with Gasteiger partial charge in [-0.05, 0) is 57.4 Å². The monoisotopic (exact) mass is 588 g/mol. The maximum Gasteiger partial charge on any atom is 0.325 e. The van der Waals surface area contributed by atoms with Crippen LogP contribution in [0.15, 0.2) is 47.6 Å². The molecule has 2 aromatic carbocycles. The quantitative estimate of drug-likeness (QED) is 0.170. The molecule has 2 amide bonds. The van der Waals surface area contributed by atoms with E-state index in [1.54, 1.807) is 32.2 Å². The lowest BCUT2D eigenvalue weighted by molar-refractivity contribution is -0.143. The van der Waals surface area contributed by atoms with Crippen LogP contribution in [0, 0.1) is 12.8 Å². The zero-order valence-corrected chi connectivity index (χ0v) is 24.7. The standard InChI is InChI=1S/C29H34Cl2N4O5/c1-6-39-27(36)16-35-18(4)22(21-9-7-8-10-25(21)35)15-32-34-29(38)24(13-17(2)3)33-28(37)19(5)40-26-12-11-20(30)14-23(26)31/h7-12,14-15,17,19,24H,6,13,16H2,1-5H3,(H,33,37)(H,34,38)/b32-15-/t19-,24-/m0/s1. The molecule has 0 aliphatic carbocycles. The molecule has 0 unspecified atom stereocenters. The normalized spacial score (nSPS) is 12.9. The van der Waals surface area contributed by atoms with Gasteiger partial charge >= 0.3 is 5.97 Å². The molecule has 0 aliphatic rings. The SMILES string of the molecule is CCOC(=O)Cn1c(C)c(/C=N\NC(=O)[C@H](CC(C)C)NC(=O)[C@H](C)Oc2ccc(Cl)cc2Cl)c2ccccc21. The van der Waals surface area contributed by atoms with Crippen LogP contribution in [0.25, 0.3) is 10.9 Å². The van der Waals surface area contributed by atoms with E-state index in [0.717, 1.165) is 22.2 Å². The number of carbonyl (C=O) groups excluding carboxylic acids is 3. The van der Waals surface area contributed by atoms with Crippen LogP contribution in [-0.4, -0.2) is 47.3 Å². The van der Waals surface area contributed by atoms with Crippen molar-refractivity contribution in [2.24, 2.45) is 11.0 Å². The third-order valence-electron chi connectivity index (χ3n) is 6.15. The van der Waals surface area contributed by atoms with Gasteiger partial charge in [0.05, 0.1) is 17.8 Å². The first-order valence-corrected chi connectivity index (χ1v) is 13.8. The number of aromatic nitrogens is 1. The van der Waals surface area contributed by atoms with Crippen LogP contribution < -0.4 is 15.5 Å². The molecule has 0 saturated carbocycles. The summed E-state index contributed by atoms with van der Waals surface area (Å²) < 4.78 is 12.7. The molecule has 1 heterocycles. The molecule has 3 rings (SSSR count). The summed E-state index contributed by atoms with van der Waals surface area (Å²) in [4.78, 5) is 38.1. The number of nitrogens with one attached hydrogen (secondary N) is 2. The molecule has 9 nitrogen and oxygen atoms in total. The number of ether oxygens (including phenoxy) is 2. The Hall–Kier alpha value is -3.56. The second-order valence-electron chi connectivity index (χ2n) is 9.67. The average Bonchev–Trinajstić information content (AvgIpc) is 3.15. The lowest BCUT2D eigenvalue weighted by Crippen LogP contribution is -2.49. The summed E-state index contributed by atoms with van der Waals surface area (Å²) in [6, 6.07) is 11.5. The molecule has 0 aliphatic heterocycles. The van der Waals surface area contributed by atoms with Crippen LogP contribution in [0.2, 0.25) is 10.0 Å². The smallest absolute Gasteiger partial charge is 0.325 e. The van der Waals surface area contributed by atoms with Crippen molar-refractivity contribution in [3.05, 3.63) is 63.8 Å². The summed E-state index contributed by atoms with van der Waals surface area (Å²) in [6.07, 6.45) is 1.01. The lowest BCUT2D eigenvalue weighted by Gasteiger charge is -2.22. The Morgan fingerprint density at radius 2 is 1.80 bits per heavy atom. The number of hydrazone groups is 1. The lowest BCUT2D eigenvalue weighted by atomic mass is 10.0. The molecule has 214 valence electrons. The second kappa shape index (κ2) is 14.2. The van der Waals surface area contributed by atoms with E-state index in [1.807, 2.05) is 49.6 Å². The number of carbonyl (C=O) groups is 3. The number of amides is 2. The number of hydrogen-bond acceptors (Lipinski definition) is 6. The number of esters is 1. The summed E-state index contributed by atoms with van der Waals surface area (Å²) in [5, 5.41) is 8.53. The van der Waals surface area contributed by atoms with Gasteiger partial charge in [-0.1, -0.05) is 55.2 Å². The second-order valence-corrected chi connectivity index (χ2v) is 10.5. The summed E-state index contributed by atoms with van der Waals surface area (Å²) in [7, 11) is 0. The summed E-state index contributed by atoms with van der Waals surface area (Å²) in [6.45, 7) is 9.46. The van der Waals surface area contributed by atoms with E-state index in [1.165, 1.54) is 6.07 Å². The molecule has 2 N–H and O–H groups in total. The van der Waals surface area contributed by atoms with Crippen molar-refractivity contribution >= 4 is 58.1 Å². The number of rotatable bonds is 12. The first-order chi connectivity index (χ1) is 19.0. The molecule has 3 aromatic rings. The molecule has 0 radical (unpaired) electrons. The Bertz CT molecular complexity index is 1400. The van der Waals surface area contributed by atoms with Crippen molar-refractivity contribution in [2.45, 2.75) is 59.7 Å². The Morgan fingerprint density at radius 3 is 2.48 bits per heavy atom. The van der Waals surface area contributed by atoms with Gasteiger partial charge < -0.3 is 19.4 Å². The molecular formula is C29H34Cl2N4O5. The van der Waals surface area contributed by atoms with Crippen LogP contribution in [0.1, 0.15) is 45.4 Å². The molecule has 0 spiro atoms. The fraction of sp³-hybridized carbons (Fsp3) is 0.379. The zero-order valence-electron chi connectivity index (χ0n) is 23.2. The molecule has 2 atom stereocenters. The van der Waals surface area contributed by atoms with E-state index in [4.69, 9.17) is 32.7 Å². The average molecular weight is 590 g/mol. The van der Waals surface area contributed by atoms with E-state index in [9.17, 15) is 14.4 Å². The first-order valence-electron chi connectivity index (χ1n) is 13.0. The van der Waals surface area contributed by atoms with Crippen molar-refractivity contribution in [2.75, 3.05) is 6.61 Å². The maximum atomic E-state index is 13.1. The van der Waals surface area contributed by atoms with E-state index in [-0.39, 0.29) is 23.5 Å². The van der Waals surface area contributed by atoms with Crippen molar-refractivity contribution in [3.63, 3.8) is 0 Å². The van der Waals surface area contributed by atoms with E-state index in [2.05, 4.69) is 15.8 Å². The fourth-order valence-electron chi connectivity index (χ4n) is 4.21. The van der Waals surface area contributed by atoms with E-state index in [0.29, 0.717) is 23.8 Å². The van der Waals surface area contributed by atoms with Gasteiger partial charge in [0.1, 0.15) is 18.3 Å². The minimum atomic E-state index is -0.919. The van der Waals surface area contributed by atoms with Crippen LogP contribution in [0.4, 0.5) is 0 Å². The molecular weight excluding hydrogens is 555 g/mol. The van der Waals surface area contributed by atoms with Crippen LogP contribution in [-0.2, 0) is 25.7 Å². The van der Waals surface area contributed by atoms with Crippen molar-refractivity contribution < 1.29 is 23.9 Å². The minimum Gasteiger partial charge on any atom is -0.479 e. The van der Waals surface area contributed by atoms with Crippen LogP contribution >= 0.6 is 23.2 Å². The molecule has 1 aromatic heterocycles. The fourth-order valence-corrected chi connectivity index (χ4v) is 4.66. The number of hydrogen-bond donors (Lipinski definition) is 2. The third-order valence-corrected chi connectivity index (χ3v) is 6.68. The number of nitrogens with zero attached hydrogens (tertiary/aromatic N) is 2. The molecule has 0 bridgehead atoms. The van der Waals surface area contributed by atoms with Gasteiger partial charge in [-0.15, -0.1) is 0 Å². The van der Waals surface area contributed by atoms with Crippen molar-refractivity contribution in [3.8, 4) is 5.75 Å². The Morgan fingerprint density at radius 1 is 1.07 bits per heavy atom. The van der Waals surface area contributed by atoms with Crippen molar-refractivity contribution in [1.29, 1.82) is 0 Å². The zero-order chi connectivity index (χ0) is 29.4. The van der Waals surface area contributed by atoms with Gasteiger partial charge in [-0.25, -0.2) is 5.43 Å². The topological polar surface area (TPSA) is 111 Å². The van der Waals surface area contributed by atoms with Gasteiger partial charge in [0.25, 0.3) is 11.8 Å². The Labute approximate surface area is 243 Å². The summed E-state index contributed by atoms with van der Waals surface area (Å²) in [5.74, 6) is -0.866. The molecule has 0 saturated heterocycles. The summed E-state index contributed by atoms with van der Waals surface area (Å²) >= 11 is 12.1. The van der Waals surface area contributed by atoms with Gasteiger partial charge in [0.15, 0.2) is 6.10 Å². The molecule has 0 fully saturated rings. The van der Waals surface area contributed by atoms with Gasteiger partial charge in [-0.3, -0.25) is 14.4 Å². The number of halogens is 2. The molecule has 40 heavy (non-hydrogen) atoms. The number of para-hydroxylation sites is 1. The highest BCUT2D eigenvalue weighted by molar-refractivity contribution is 6.35. The highest BCUT2D eigenvalue weighted by atomic mass is 35.5. The Balaban J connectivity index is 1.73. The predicted molar refractivity (Wildman–Crippen MR) is 157 cm³/mol. The van der Waals surface area contributed by atoms with Crippen LogP contribution in [0.3, 0.4) is 0 Å². The van der Waals surface area contributed by atoms with E-state index < -0.39 is 24.0 Å². The van der Waals surface area contributed by atoms with E-state index >= 15 is 0 Å². The third kappa shape index (κ3) is 7.99. The summed E-state index contributed by atoms with van der Waals surface area (Å²) in [5.41, 5.74) is 4.95. The first kappa shape index (κ1) is 31.0. The van der Waals surface area contributed by atoms with Crippen molar-refractivity contribution in [1.82, 2.24) is 15.3 Å². The molecule has 11 heteroatoms. The number of benzene rings is 2. The largest absolute Gasteiger partial charge is 0.479 e. The highest BCUT2D eigenvalue weighted by Gasteiger charge is 2.26.